The van der Waals surface area contributed by atoms with E-state index < -0.39 is 5.97 Å². The molecule has 0 spiro atoms. The maximum atomic E-state index is 12.4. The predicted octanol–water partition coefficient (Wildman–Crippen LogP) is 4.83. The fraction of sp³-hybridized carbons (Fsp3) is 0.0952. The number of carbonyl (C=O) groups is 2. The topological polar surface area (TPSA) is 80.3 Å². The van der Waals surface area contributed by atoms with E-state index in [1.165, 1.54) is 7.11 Å². The summed E-state index contributed by atoms with van der Waals surface area (Å²) in [6, 6.07) is 15.5. The second kappa shape index (κ2) is 8.54. The molecule has 7 heteroatoms. The number of carbonyl (C=O) groups excluding carboxylic acids is 2. The summed E-state index contributed by atoms with van der Waals surface area (Å²) in [7, 11) is 1.30. The Labute approximate surface area is 167 Å². The summed E-state index contributed by atoms with van der Waals surface area (Å²) >= 11 is 6.13. The Bertz CT molecular complexity index is 1020. The number of hydrogen-bond acceptors (Lipinski definition) is 5. The summed E-state index contributed by atoms with van der Waals surface area (Å²) in [5.41, 5.74) is 3.62. The monoisotopic (exact) mass is 395 g/mol. The SMILES string of the molecule is COC(=O)c1cccc(NC(=O)c2ccc(Nc3ccc(C)c(Cl)c3)cn2)c1. The van der Waals surface area contributed by atoms with Crippen molar-refractivity contribution in [1.29, 1.82) is 0 Å². The molecule has 2 N–H and O–H groups in total. The lowest BCUT2D eigenvalue weighted by Gasteiger charge is -2.09. The van der Waals surface area contributed by atoms with Gasteiger partial charge >= 0.3 is 5.97 Å². The van der Waals surface area contributed by atoms with E-state index in [1.54, 1.807) is 42.6 Å². The summed E-state index contributed by atoms with van der Waals surface area (Å²) in [5.74, 6) is -0.854. The molecule has 3 aromatic rings. The van der Waals surface area contributed by atoms with Crippen LogP contribution in [0.15, 0.2) is 60.8 Å². The number of nitrogens with one attached hydrogen (secondary N) is 2. The van der Waals surface area contributed by atoms with Crippen LogP contribution in [0.2, 0.25) is 5.02 Å². The third-order valence-corrected chi connectivity index (χ3v) is 4.41. The Morgan fingerprint density at radius 2 is 1.79 bits per heavy atom. The van der Waals surface area contributed by atoms with Crippen LogP contribution in [-0.4, -0.2) is 24.0 Å². The average molecular weight is 396 g/mol. The first-order valence-corrected chi connectivity index (χ1v) is 8.83. The molecule has 6 nitrogen and oxygen atoms in total. The van der Waals surface area contributed by atoms with Gasteiger partial charge < -0.3 is 15.4 Å². The van der Waals surface area contributed by atoms with Crippen molar-refractivity contribution in [1.82, 2.24) is 4.98 Å². The molecular formula is C21H18ClN3O3. The first-order valence-electron chi connectivity index (χ1n) is 8.45. The van der Waals surface area contributed by atoms with E-state index in [1.807, 2.05) is 25.1 Å². The Hall–Kier alpha value is -3.38. The number of rotatable bonds is 5. The first kappa shape index (κ1) is 19.4. The van der Waals surface area contributed by atoms with E-state index in [4.69, 9.17) is 11.6 Å². The average Bonchev–Trinajstić information content (AvgIpc) is 2.71. The molecule has 0 aliphatic heterocycles. The Kier molecular flexibility index (Phi) is 5.91. The first-order chi connectivity index (χ1) is 13.5. The lowest BCUT2D eigenvalue weighted by Crippen LogP contribution is -2.14. The highest BCUT2D eigenvalue weighted by Crippen LogP contribution is 2.23. The number of amides is 1. The van der Waals surface area contributed by atoms with Gasteiger partial charge in [-0.25, -0.2) is 9.78 Å². The molecular weight excluding hydrogens is 378 g/mol. The van der Waals surface area contributed by atoms with Gasteiger partial charge in [-0.1, -0.05) is 23.7 Å². The van der Waals surface area contributed by atoms with Crippen LogP contribution in [0.4, 0.5) is 17.1 Å². The number of pyridine rings is 1. The van der Waals surface area contributed by atoms with E-state index in [0.717, 1.165) is 16.9 Å². The summed E-state index contributed by atoms with van der Waals surface area (Å²) in [5, 5.41) is 6.57. The van der Waals surface area contributed by atoms with E-state index >= 15 is 0 Å². The molecule has 28 heavy (non-hydrogen) atoms. The van der Waals surface area contributed by atoms with E-state index in [-0.39, 0.29) is 11.6 Å². The highest BCUT2D eigenvalue weighted by Gasteiger charge is 2.10. The Morgan fingerprint density at radius 3 is 2.46 bits per heavy atom. The van der Waals surface area contributed by atoms with Gasteiger partial charge in [0.05, 0.1) is 24.6 Å². The predicted molar refractivity (Wildman–Crippen MR) is 109 cm³/mol. The van der Waals surface area contributed by atoms with Crippen LogP contribution in [0, 0.1) is 6.92 Å². The molecule has 0 fully saturated rings. The summed E-state index contributed by atoms with van der Waals surface area (Å²) in [6.45, 7) is 1.93. The molecule has 0 aliphatic carbocycles. The number of halogens is 1. The van der Waals surface area contributed by atoms with Gasteiger partial charge in [0, 0.05) is 16.4 Å². The van der Waals surface area contributed by atoms with Crippen molar-refractivity contribution < 1.29 is 14.3 Å². The normalized spacial score (nSPS) is 10.2. The fourth-order valence-corrected chi connectivity index (χ4v) is 2.66. The van der Waals surface area contributed by atoms with Crippen molar-refractivity contribution in [2.75, 3.05) is 17.7 Å². The van der Waals surface area contributed by atoms with Crippen molar-refractivity contribution in [3.05, 3.63) is 82.6 Å². The Morgan fingerprint density at radius 1 is 1.00 bits per heavy atom. The Balaban J connectivity index is 1.68. The molecule has 0 unspecified atom stereocenters. The third kappa shape index (κ3) is 4.66. The number of ether oxygens (including phenoxy) is 1. The van der Waals surface area contributed by atoms with E-state index in [0.29, 0.717) is 16.3 Å². The van der Waals surface area contributed by atoms with Crippen LogP contribution in [0.3, 0.4) is 0 Å². The second-order valence-corrected chi connectivity index (χ2v) is 6.45. The minimum Gasteiger partial charge on any atom is -0.465 e. The molecule has 142 valence electrons. The van der Waals surface area contributed by atoms with Crippen LogP contribution < -0.4 is 10.6 Å². The second-order valence-electron chi connectivity index (χ2n) is 6.05. The van der Waals surface area contributed by atoms with Crippen molar-refractivity contribution >= 4 is 40.5 Å². The minimum atomic E-state index is -0.471. The van der Waals surface area contributed by atoms with Crippen LogP contribution in [0.1, 0.15) is 26.4 Å². The molecule has 1 amide bonds. The standard InChI is InChI=1S/C21H18ClN3O3/c1-13-6-7-16(11-18(13)22)24-17-8-9-19(23-12-17)20(26)25-15-5-3-4-14(10-15)21(27)28-2/h3-12,24H,1-2H3,(H,25,26). The molecule has 1 heterocycles. The van der Waals surface area contributed by atoms with Crippen molar-refractivity contribution in [3.63, 3.8) is 0 Å². The summed E-state index contributed by atoms with van der Waals surface area (Å²) < 4.78 is 4.68. The lowest BCUT2D eigenvalue weighted by molar-refractivity contribution is 0.0600. The van der Waals surface area contributed by atoms with Gasteiger partial charge in [0.2, 0.25) is 0 Å². The van der Waals surface area contributed by atoms with Crippen molar-refractivity contribution in [2.45, 2.75) is 6.92 Å². The van der Waals surface area contributed by atoms with E-state index in [9.17, 15) is 9.59 Å². The molecule has 0 aliphatic rings. The number of methoxy groups -OCH3 is 1. The molecule has 0 saturated heterocycles. The maximum absolute atomic E-state index is 12.4. The number of nitrogens with zero attached hydrogens (tertiary/aromatic N) is 1. The molecule has 2 aromatic carbocycles. The fourth-order valence-electron chi connectivity index (χ4n) is 2.48. The summed E-state index contributed by atoms with van der Waals surface area (Å²) in [4.78, 5) is 28.2. The van der Waals surface area contributed by atoms with Gasteiger partial charge in [-0.2, -0.15) is 0 Å². The third-order valence-electron chi connectivity index (χ3n) is 4.00. The maximum Gasteiger partial charge on any atom is 0.337 e. The van der Waals surface area contributed by atoms with Gasteiger partial charge in [0.1, 0.15) is 5.69 Å². The molecule has 0 bridgehead atoms. The number of anilines is 3. The van der Waals surface area contributed by atoms with Crippen LogP contribution in [0.25, 0.3) is 0 Å². The molecule has 1 aromatic heterocycles. The van der Waals surface area contributed by atoms with Gasteiger partial charge in [0.25, 0.3) is 5.91 Å². The largest absolute Gasteiger partial charge is 0.465 e. The zero-order valence-electron chi connectivity index (χ0n) is 15.3. The quantitative estimate of drug-likeness (QED) is 0.605. The van der Waals surface area contributed by atoms with Crippen molar-refractivity contribution in [3.8, 4) is 0 Å². The molecule has 0 saturated carbocycles. The number of aromatic nitrogens is 1. The molecule has 0 atom stereocenters. The van der Waals surface area contributed by atoms with Gasteiger partial charge in [0.15, 0.2) is 0 Å². The number of esters is 1. The number of hydrogen-bond donors (Lipinski definition) is 2. The minimum absolute atomic E-state index is 0.246. The number of benzene rings is 2. The zero-order valence-corrected chi connectivity index (χ0v) is 16.1. The molecule has 0 radical (unpaired) electrons. The highest BCUT2D eigenvalue weighted by atomic mass is 35.5. The van der Waals surface area contributed by atoms with Crippen LogP contribution in [0.5, 0.6) is 0 Å². The number of aryl methyl sites for hydroxylation is 1. The van der Waals surface area contributed by atoms with Gasteiger partial charge in [-0.15, -0.1) is 0 Å². The highest BCUT2D eigenvalue weighted by molar-refractivity contribution is 6.31. The molecule has 3 rings (SSSR count). The van der Waals surface area contributed by atoms with Crippen molar-refractivity contribution in [2.24, 2.45) is 0 Å². The van der Waals surface area contributed by atoms with Gasteiger partial charge in [-0.3, -0.25) is 4.79 Å². The van der Waals surface area contributed by atoms with Gasteiger partial charge in [-0.05, 0) is 55.0 Å². The van der Waals surface area contributed by atoms with Crippen LogP contribution in [-0.2, 0) is 4.74 Å². The van der Waals surface area contributed by atoms with Crippen LogP contribution >= 0.6 is 11.6 Å². The smallest absolute Gasteiger partial charge is 0.337 e. The summed E-state index contributed by atoms with van der Waals surface area (Å²) in [6.07, 6.45) is 1.56. The lowest BCUT2D eigenvalue weighted by atomic mass is 10.2. The zero-order chi connectivity index (χ0) is 20.1. The van der Waals surface area contributed by atoms with E-state index in [2.05, 4.69) is 20.4 Å².